The molecule has 2 N–H and O–H groups in total. The monoisotopic (exact) mass is 372 g/mol. The Hall–Kier alpha value is -3.12. The van der Waals surface area contributed by atoms with Crippen molar-refractivity contribution in [1.29, 1.82) is 0 Å². The van der Waals surface area contributed by atoms with Crippen LogP contribution >= 0.6 is 11.6 Å². The Morgan fingerprint density at radius 2 is 1.69 bits per heavy atom. The van der Waals surface area contributed by atoms with Gasteiger partial charge in [0.05, 0.1) is 17.8 Å². The number of amides is 2. The van der Waals surface area contributed by atoms with Crippen molar-refractivity contribution in [3.63, 3.8) is 0 Å². The molecular weight excluding hydrogens is 359 g/mol. The SMILES string of the molecule is O=C(NCc1ccco1)c1ccc(C(=O)Nc2ccc(F)c(Cl)c2)cc1. The van der Waals surface area contributed by atoms with E-state index in [1.165, 1.54) is 36.6 Å². The van der Waals surface area contributed by atoms with Crippen LogP contribution in [0.15, 0.2) is 65.3 Å². The molecule has 0 bridgehead atoms. The Balaban J connectivity index is 1.61. The van der Waals surface area contributed by atoms with E-state index < -0.39 is 11.7 Å². The van der Waals surface area contributed by atoms with Gasteiger partial charge in [0, 0.05) is 16.8 Å². The number of hydrogen-bond acceptors (Lipinski definition) is 3. The average molecular weight is 373 g/mol. The third kappa shape index (κ3) is 4.29. The number of anilines is 1. The first-order valence-electron chi connectivity index (χ1n) is 7.70. The highest BCUT2D eigenvalue weighted by Crippen LogP contribution is 2.20. The summed E-state index contributed by atoms with van der Waals surface area (Å²) in [7, 11) is 0. The zero-order chi connectivity index (χ0) is 18.5. The van der Waals surface area contributed by atoms with Gasteiger partial charge in [-0.2, -0.15) is 0 Å². The lowest BCUT2D eigenvalue weighted by atomic mass is 10.1. The predicted molar refractivity (Wildman–Crippen MR) is 95.7 cm³/mol. The summed E-state index contributed by atoms with van der Waals surface area (Å²) in [5.41, 5.74) is 1.15. The van der Waals surface area contributed by atoms with Crippen molar-refractivity contribution in [3.8, 4) is 0 Å². The van der Waals surface area contributed by atoms with Crippen molar-refractivity contribution < 1.29 is 18.4 Å². The number of hydrogen-bond donors (Lipinski definition) is 2. The number of benzene rings is 2. The van der Waals surface area contributed by atoms with E-state index in [-0.39, 0.29) is 17.5 Å². The summed E-state index contributed by atoms with van der Waals surface area (Å²) < 4.78 is 18.3. The smallest absolute Gasteiger partial charge is 0.255 e. The minimum atomic E-state index is -0.561. The molecule has 0 radical (unpaired) electrons. The molecular formula is C19H14ClFN2O3. The van der Waals surface area contributed by atoms with Crippen LogP contribution in [0, 0.1) is 5.82 Å². The molecule has 132 valence electrons. The number of carbonyl (C=O) groups is 2. The van der Waals surface area contributed by atoms with E-state index in [0.29, 0.717) is 22.6 Å². The highest BCUT2D eigenvalue weighted by molar-refractivity contribution is 6.31. The molecule has 7 heteroatoms. The van der Waals surface area contributed by atoms with Gasteiger partial charge in [0.15, 0.2) is 0 Å². The summed E-state index contributed by atoms with van der Waals surface area (Å²) in [6.07, 6.45) is 1.53. The van der Waals surface area contributed by atoms with E-state index >= 15 is 0 Å². The Morgan fingerprint density at radius 1 is 1.00 bits per heavy atom. The van der Waals surface area contributed by atoms with Gasteiger partial charge in [-0.3, -0.25) is 9.59 Å². The fraction of sp³-hybridized carbons (Fsp3) is 0.0526. The van der Waals surface area contributed by atoms with Gasteiger partial charge >= 0.3 is 0 Å². The molecule has 0 aliphatic rings. The fourth-order valence-electron chi connectivity index (χ4n) is 2.23. The van der Waals surface area contributed by atoms with E-state index in [1.807, 2.05) is 0 Å². The van der Waals surface area contributed by atoms with Gasteiger partial charge in [-0.1, -0.05) is 11.6 Å². The van der Waals surface area contributed by atoms with Gasteiger partial charge in [-0.15, -0.1) is 0 Å². The Labute approximate surface area is 153 Å². The zero-order valence-electron chi connectivity index (χ0n) is 13.5. The van der Waals surface area contributed by atoms with Crippen molar-refractivity contribution in [3.05, 3.63) is 88.6 Å². The highest BCUT2D eigenvalue weighted by atomic mass is 35.5. The number of rotatable bonds is 5. The third-order valence-corrected chi connectivity index (χ3v) is 3.88. The van der Waals surface area contributed by atoms with Crippen molar-refractivity contribution in [2.24, 2.45) is 0 Å². The van der Waals surface area contributed by atoms with Crippen LogP contribution in [0.4, 0.5) is 10.1 Å². The average Bonchev–Trinajstić information content (AvgIpc) is 3.16. The van der Waals surface area contributed by atoms with Crippen LogP contribution in [0.1, 0.15) is 26.5 Å². The van der Waals surface area contributed by atoms with Crippen LogP contribution in [0.3, 0.4) is 0 Å². The molecule has 0 fully saturated rings. The summed E-state index contributed by atoms with van der Waals surface area (Å²) in [4.78, 5) is 24.3. The van der Waals surface area contributed by atoms with Gasteiger partial charge < -0.3 is 15.1 Å². The lowest BCUT2D eigenvalue weighted by Gasteiger charge is -2.07. The Bertz CT molecular complexity index is 924. The minimum Gasteiger partial charge on any atom is -0.467 e. The third-order valence-electron chi connectivity index (χ3n) is 3.59. The molecule has 2 aromatic carbocycles. The molecule has 0 saturated carbocycles. The topological polar surface area (TPSA) is 71.3 Å². The predicted octanol–water partition coefficient (Wildman–Crippen LogP) is 4.25. The molecule has 0 aliphatic carbocycles. The molecule has 0 saturated heterocycles. The molecule has 3 rings (SSSR count). The van der Waals surface area contributed by atoms with E-state index in [0.717, 1.165) is 0 Å². The first kappa shape index (κ1) is 17.7. The highest BCUT2D eigenvalue weighted by Gasteiger charge is 2.10. The number of furan rings is 1. The summed E-state index contributed by atoms with van der Waals surface area (Å²) >= 11 is 5.69. The van der Waals surface area contributed by atoms with Crippen molar-refractivity contribution in [2.45, 2.75) is 6.54 Å². The first-order valence-corrected chi connectivity index (χ1v) is 8.08. The van der Waals surface area contributed by atoms with E-state index in [1.54, 1.807) is 24.3 Å². The molecule has 26 heavy (non-hydrogen) atoms. The summed E-state index contributed by atoms with van der Waals surface area (Å²) in [5.74, 6) is -0.587. The van der Waals surface area contributed by atoms with Crippen LogP contribution in [-0.4, -0.2) is 11.8 Å². The van der Waals surface area contributed by atoms with Crippen molar-refractivity contribution >= 4 is 29.1 Å². The van der Waals surface area contributed by atoms with E-state index in [2.05, 4.69) is 10.6 Å². The molecule has 0 atom stereocenters. The summed E-state index contributed by atoms with van der Waals surface area (Å²) in [6.45, 7) is 0.277. The zero-order valence-corrected chi connectivity index (χ0v) is 14.2. The second-order valence-electron chi connectivity index (χ2n) is 5.42. The van der Waals surface area contributed by atoms with Crippen LogP contribution in [0.25, 0.3) is 0 Å². The molecule has 5 nitrogen and oxygen atoms in total. The summed E-state index contributed by atoms with van der Waals surface area (Å²) in [5, 5.41) is 5.26. The maximum Gasteiger partial charge on any atom is 0.255 e. The normalized spacial score (nSPS) is 10.4. The Kier molecular flexibility index (Phi) is 5.34. The van der Waals surface area contributed by atoms with Gasteiger partial charge in [0.25, 0.3) is 11.8 Å². The molecule has 2 amide bonds. The second kappa shape index (κ2) is 7.84. The standard InChI is InChI=1S/C19H14ClFN2O3/c20-16-10-14(7-8-17(16)21)23-19(25)13-5-3-12(4-6-13)18(24)22-11-15-2-1-9-26-15/h1-10H,11H2,(H,22,24)(H,23,25). The first-order chi connectivity index (χ1) is 12.5. The molecule has 1 heterocycles. The van der Waals surface area contributed by atoms with Gasteiger partial charge in [-0.05, 0) is 54.6 Å². The molecule has 0 spiro atoms. The molecule has 0 aliphatic heterocycles. The molecule has 0 unspecified atom stereocenters. The maximum absolute atomic E-state index is 13.1. The van der Waals surface area contributed by atoms with Crippen molar-refractivity contribution in [1.82, 2.24) is 5.32 Å². The lowest BCUT2D eigenvalue weighted by molar-refractivity contribution is 0.0946. The van der Waals surface area contributed by atoms with Gasteiger partial charge in [0.2, 0.25) is 0 Å². The molecule has 3 aromatic rings. The van der Waals surface area contributed by atoms with Gasteiger partial charge in [0.1, 0.15) is 11.6 Å². The number of carbonyl (C=O) groups excluding carboxylic acids is 2. The largest absolute Gasteiger partial charge is 0.467 e. The Morgan fingerprint density at radius 3 is 2.31 bits per heavy atom. The number of nitrogens with one attached hydrogen (secondary N) is 2. The van der Waals surface area contributed by atoms with E-state index in [9.17, 15) is 14.0 Å². The quantitative estimate of drug-likeness (QED) is 0.703. The van der Waals surface area contributed by atoms with Crippen molar-refractivity contribution in [2.75, 3.05) is 5.32 Å². The lowest BCUT2D eigenvalue weighted by Crippen LogP contribution is -2.22. The molecule has 1 aromatic heterocycles. The fourth-order valence-corrected chi connectivity index (χ4v) is 2.41. The summed E-state index contributed by atoms with van der Waals surface area (Å²) in [6, 6.07) is 13.6. The minimum absolute atomic E-state index is 0.0774. The van der Waals surface area contributed by atoms with Crippen LogP contribution in [-0.2, 0) is 6.54 Å². The van der Waals surface area contributed by atoms with Crippen LogP contribution in [0.5, 0.6) is 0 Å². The maximum atomic E-state index is 13.1. The van der Waals surface area contributed by atoms with Crippen LogP contribution < -0.4 is 10.6 Å². The number of halogens is 2. The second-order valence-corrected chi connectivity index (χ2v) is 5.83. The van der Waals surface area contributed by atoms with Gasteiger partial charge in [-0.25, -0.2) is 4.39 Å². The van der Waals surface area contributed by atoms with E-state index in [4.69, 9.17) is 16.0 Å². The van der Waals surface area contributed by atoms with Crippen LogP contribution in [0.2, 0.25) is 5.02 Å².